The Morgan fingerprint density at radius 2 is 2.06 bits per heavy atom. The quantitative estimate of drug-likeness (QED) is 0.584. The SMILES string of the molecule is NC(=O)c1ccsc1NCNC(=O)C(Cl)(Cl)Cl. The second-order valence-electron chi connectivity index (χ2n) is 2.88. The Balaban J connectivity index is 2.49. The molecule has 1 heterocycles. The molecule has 1 aromatic heterocycles. The van der Waals surface area contributed by atoms with Crippen molar-refractivity contribution in [3.05, 3.63) is 17.0 Å². The van der Waals surface area contributed by atoms with E-state index in [0.717, 1.165) is 0 Å². The van der Waals surface area contributed by atoms with Gasteiger partial charge in [-0.15, -0.1) is 11.3 Å². The van der Waals surface area contributed by atoms with Crippen molar-refractivity contribution < 1.29 is 9.59 Å². The summed E-state index contributed by atoms with van der Waals surface area (Å²) in [5.41, 5.74) is 5.48. The van der Waals surface area contributed by atoms with Crippen LogP contribution in [-0.4, -0.2) is 22.3 Å². The highest BCUT2D eigenvalue weighted by Gasteiger charge is 2.30. The van der Waals surface area contributed by atoms with Gasteiger partial charge in [-0.25, -0.2) is 0 Å². The van der Waals surface area contributed by atoms with Gasteiger partial charge in [-0.1, -0.05) is 34.8 Å². The number of nitrogens with one attached hydrogen (secondary N) is 2. The fraction of sp³-hybridized carbons (Fsp3) is 0.250. The molecule has 2 amide bonds. The molecule has 4 N–H and O–H groups in total. The van der Waals surface area contributed by atoms with Crippen LogP contribution in [0, 0.1) is 0 Å². The third-order valence-corrected chi connectivity index (χ3v) is 3.07. The van der Waals surface area contributed by atoms with Crippen molar-refractivity contribution in [3.8, 4) is 0 Å². The highest BCUT2D eigenvalue weighted by Crippen LogP contribution is 2.26. The van der Waals surface area contributed by atoms with Gasteiger partial charge in [0.25, 0.3) is 15.6 Å². The molecule has 1 aromatic rings. The van der Waals surface area contributed by atoms with Crippen LogP contribution < -0.4 is 16.4 Å². The van der Waals surface area contributed by atoms with Gasteiger partial charge >= 0.3 is 0 Å². The zero-order valence-corrected chi connectivity index (χ0v) is 11.4. The fourth-order valence-corrected chi connectivity index (χ4v) is 1.94. The van der Waals surface area contributed by atoms with Crippen LogP contribution in [-0.2, 0) is 4.79 Å². The van der Waals surface area contributed by atoms with Gasteiger partial charge in [0.1, 0.15) is 5.00 Å². The van der Waals surface area contributed by atoms with Crippen LogP contribution in [0.2, 0.25) is 0 Å². The Morgan fingerprint density at radius 1 is 1.41 bits per heavy atom. The first-order chi connectivity index (χ1) is 7.82. The van der Waals surface area contributed by atoms with E-state index in [2.05, 4.69) is 10.6 Å². The molecule has 0 aliphatic carbocycles. The molecule has 5 nitrogen and oxygen atoms in total. The summed E-state index contributed by atoms with van der Waals surface area (Å²) >= 11 is 17.3. The number of amides is 2. The minimum absolute atomic E-state index is 0.0214. The average molecular weight is 317 g/mol. The highest BCUT2D eigenvalue weighted by atomic mass is 35.6. The van der Waals surface area contributed by atoms with Gasteiger partial charge < -0.3 is 16.4 Å². The maximum atomic E-state index is 11.2. The lowest BCUT2D eigenvalue weighted by Gasteiger charge is -2.12. The molecule has 17 heavy (non-hydrogen) atoms. The van der Waals surface area contributed by atoms with Gasteiger partial charge in [0.05, 0.1) is 12.2 Å². The zero-order chi connectivity index (χ0) is 13.1. The van der Waals surface area contributed by atoms with Gasteiger partial charge in [-0.3, -0.25) is 9.59 Å². The Kier molecular flexibility index (Phi) is 4.88. The summed E-state index contributed by atoms with van der Waals surface area (Å²) in [5, 5.41) is 7.36. The molecule has 94 valence electrons. The second kappa shape index (κ2) is 5.77. The van der Waals surface area contributed by atoms with Crippen LogP contribution in [0.1, 0.15) is 10.4 Å². The van der Waals surface area contributed by atoms with Gasteiger partial charge in [0.15, 0.2) is 0 Å². The number of anilines is 1. The van der Waals surface area contributed by atoms with E-state index in [-0.39, 0.29) is 6.67 Å². The molecule has 0 radical (unpaired) electrons. The van der Waals surface area contributed by atoms with E-state index < -0.39 is 15.6 Å². The van der Waals surface area contributed by atoms with Crippen LogP contribution >= 0.6 is 46.1 Å². The molecule has 0 unspecified atom stereocenters. The molecule has 0 aliphatic rings. The molecule has 0 atom stereocenters. The molecule has 9 heteroatoms. The smallest absolute Gasteiger partial charge is 0.273 e. The fourth-order valence-electron chi connectivity index (χ4n) is 0.945. The van der Waals surface area contributed by atoms with Gasteiger partial charge in [-0.05, 0) is 11.4 Å². The summed E-state index contributed by atoms with van der Waals surface area (Å²) in [5.74, 6) is -1.31. The number of carbonyl (C=O) groups is 2. The molecule has 0 spiro atoms. The lowest BCUT2D eigenvalue weighted by Crippen LogP contribution is -2.37. The van der Waals surface area contributed by atoms with Crippen molar-refractivity contribution in [1.29, 1.82) is 0 Å². The summed E-state index contributed by atoms with van der Waals surface area (Å²) in [7, 11) is 0. The third kappa shape index (κ3) is 4.23. The minimum Gasteiger partial charge on any atom is -0.366 e. The molecule has 0 aliphatic heterocycles. The first kappa shape index (κ1) is 14.4. The minimum atomic E-state index is -2.01. The molecule has 0 aromatic carbocycles. The molecular weight excluding hydrogens is 309 g/mol. The molecule has 1 rings (SSSR count). The molecule has 0 saturated carbocycles. The van der Waals surface area contributed by atoms with E-state index in [4.69, 9.17) is 40.5 Å². The monoisotopic (exact) mass is 315 g/mol. The number of alkyl halides is 3. The van der Waals surface area contributed by atoms with Crippen molar-refractivity contribution in [2.45, 2.75) is 3.79 Å². The van der Waals surface area contributed by atoms with E-state index in [1.807, 2.05) is 0 Å². The van der Waals surface area contributed by atoms with Crippen molar-refractivity contribution in [2.75, 3.05) is 12.0 Å². The lowest BCUT2D eigenvalue weighted by molar-refractivity contribution is -0.120. The van der Waals surface area contributed by atoms with Crippen LogP contribution in [0.5, 0.6) is 0 Å². The predicted molar refractivity (Wildman–Crippen MR) is 69.8 cm³/mol. The van der Waals surface area contributed by atoms with E-state index >= 15 is 0 Å². The topological polar surface area (TPSA) is 84.2 Å². The van der Waals surface area contributed by atoms with Gasteiger partial charge in [0.2, 0.25) is 0 Å². The summed E-state index contributed by atoms with van der Waals surface area (Å²) in [6, 6.07) is 1.58. The maximum absolute atomic E-state index is 11.2. The number of hydrogen-bond donors (Lipinski definition) is 3. The predicted octanol–water partition coefficient (Wildman–Crippen LogP) is 1.70. The molecule has 0 bridgehead atoms. The first-order valence-electron chi connectivity index (χ1n) is 4.28. The lowest BCUT2D eigenvalue weighted by atomic mass is 10.3. The Hall–Kier alpha value is -0.690. The van der Waals surface area contributed by atoms with Crippen LogP contribution in [0.3, 0.4) is 0 Å². The summed E-state index contributed by atoms with van der Waals surface area (Å²) in [6.45, 7) is 0.0214. The Bertz CT molecular complexity index is 430. The third-order valence-electron chi connectivity index (χ3n) is 1.69. The second-order valence-corrected chi connectivity index (χ2v) is 6.08. The van der Waals surface area contributed by atoms with Crippen molar-refractivity contribution in [3.63, 3.8) is 0 Å². The van der Waals surface area contributed by atoms with Crippen LogP contribution in [0.25, 0.3) is 0 Å². The summed E-state index contributed by atoms with van der Waals surface area (Å²) in [6.07, 6.45) is 0. The van der Waals surface area contributed by atoms with E-state index in [1.165, 1.54) is 11.3 Å². The number of primary amides is 1. The normalized spacial score (nSPS) is 11.0. The van der Waals surface area contributed by atoms with Crippen molar-refractivity contribution >= 4 is 63.0 Å². The van der Waals surface area contributed by atoms with Gasteiger partial charge in [-0.2, -0.15) is 0 Å². The van der Waals surface area contributed by atoms with Crippen LogP contribution in [0.15, 0.2) is 11.4 Å². The van der Waals surface area contributed by atoms with Crippen molar-refractivity contribution in [1.82, 2.24) is 5.32 Å². The number of hydrogen-bond acceptors (Lipinski definition) is 4. The maximum Gasteiger partial charge on any atom is 0.273 e. The molecule has 0 saturated heterocycles. The van der Waals surface area contributed by atoms with Gasteiger partial charge in [0, 0.05) is 0 Å². The Labute approximate surface area is 116 Å². The van der Waals surface area contributed by atoms with Crippen molar-refractivity contribution in [2.24, 2.45) is 5.73 Å². The highest BCUT2D eigenvalue weighted by molar-refractivity contribution is 7.14. The molecule has 0 fully saturated rings. The van der Waals surface area contributed by atoms with Crippen LogP contribution in [0.4, 0.5) is 5.00 Å². The Morgan fingerprint density at radius 3 is 2.59 bits per heavy atom. The first-order valence-corrected chi connectivity index (χ1v) is 6.30. The summed E-state index contributed by atoms with van der Waals surface area (Å²) < 4.78 is -2.01. The standard InChI is InChI=1S/C8H8Cl3N3O2S/c9-8(10,11)7(16)14-3-13-6-4(5(12)15)1-2-17-6/h1-2,13H,3H2,(H2,12,15)(H,14,16). The summed E-state index contributed by atoms with van der Waals surface area (Å²) in [4.78, 5) is 22.2. The number of carbonyl (C=O) groups excluding carboxylic acids is 2. The van der Waals surface area contributed by atoms with E-state index in [9.17, 15) is 9.59 Å². The molecular formula is C8H8Cl3N3O2S. The van der Waals surface area contributed by atoms with E-state index in [1.54, 1.807) is 11.4 Å². The zero-order valence-electron chi connectivity index (χ0n) is 8.30. The number of nitrogens with two attached hydrogens (primary N) is 1. The largest absolute Gasteiger partial charge is 0.366 e. The average Bonchev–Trinajstić information content (AvgIpc) is 2.64. The number of rotatable bonds is 4. The van der Waals surface area contributed by atoms with E-state index in [0.29, 0.717) is 10.6 Å². The number of thiophene rings is 1. The number of halogens is 3.